The van der Waals surface area contributed by atoms with Crippen LogP contribution in [-0.4, -0.2) is 31.0 Å². The van der Waals surface area contributed by atoms with Crippen molar-refractivity contribution in [3.05, 3.63) is 29.6 Å². The van der Waals surface area contributed by atoms with E-state index in [1.807, 2.05) is 13.8 Å². The Balaban J connectivity index is 2.50. The number of rotatable bonds is 6. The van der Waals surface area contributed by atoms with Crippen molar-refractivity contribution in [2.45, 2.75) is 26.4 Å². The van der Waals surface area contributed by atoms with Crippen molar-refractivity contribution in [2.24, 2.45) is 0 Å². The Morgan fingerprint density at radius 2 is 2.11 bits per heavy atom. The van der Waals surface area contributed by atoms with Crippen molar-refractivity contribution in [3.8, 4) is 17.6 Å². The number of aliphatic hydroxyl groups excluding tert-OH is 1. The van der Waals surface area contributed by atoms with Crippen LogP contribution in [0.5, 0.6) is 5.75 Å². The SMILES string of the molecule is CC(C)OCCOc1ccc(C#CCCO)c(F)c1. The molecule has 0 aliphatic rings. The molecule has 0 fully saturated rings. The van der Waals surface area contributed by atoms with Crippen LogP contribution in [0.3, 0.4) is 0 Å². The van der Waals surface area contributed by atoms with Crippen molar-refractivity contribution in [2.75, 3.05) is 19.8 Å². The average Bonchev–Trinajstić information content (AvgIpc) is 2.37. The van der Waals surface area contributed by atoms with Crippen LogP contribution in [0, 0.1) is 17.7 Å². The van der Waals surface area contributed by atoms with E-state index in [-0.39, 0.29) is 12.7 Å². The molecule has 0 radical (unpaired) electrons. The summed E-state index contributed by atoms with van der Waals surface area (Å²) in [7, 11) is 0. The van der Waals surface area contributed by atoms with Gasteiger partial charge in [-0.1, -0.05) is 11.8 Å². The molecular weight excluding hydrogens is 247 g/mol. The van der Waals surface area contributed by atoms with Crippen molar-refractivity contribution >= 4 is 0 Å². The molecule has 0 atom stereocenters. The summed E-state index contributed by atoms with van der Waals surface area (Å²) in [6.45, 7) is 4.72. The van der Waals surface area contributed by atoms with E-state index >= 15 is 0 Å². The summed E-state index contributed by atoms with van der Waals surface area (Å²) in [6.07, 6.45) is 0.494. The minimum Gasteiger partial charge on any atom is -0.491 e. The van der Waals surface area contributed by atoms with Gasteiger partial charge in [-0.3, -0.25) is 0 Å². The maximum atomic E-state index is 13.6. The predicted octanol–water partition coefficient (Wildman–Crippen LogP) is 2.36. The van der Waals surface area contributed by atoms with Gasteiger partial charge in [-0.05, 0) is 26.0 Å². The zero-order chi connectivity index (χ0) is 14.1. The Bertz CT molecular complexity index is 446. The zero-order valence-electron chi connectivity index (χ0n) is 11.3. The number of hydrogen-bond acceptors (Lipinski definition) is 3. The molecule has 1 rings (SSSR count). The Labute approximate surface area is 113 Å². The molecule has 0 spiro atoms. The van der Waals surface area contributed by atoms with Crippen LogP contribution < -0.4 is 4.74 Å². The van der Waals surface area contributed by atoms with Gasteiger partial charge in [0.25, 0.3) is 0 Å². The predicted molar refractivity (Wildman–Crippen MR) is 71.6 cm³/mol. The van der Waals surface area contributed by atoms with Gasteiger partial charge in [0.1, 0.15) is 18.2 Å². The molecule has 0 aliphatic carbocycles. The second kappa shape index (κ2) is 8.52. The lowest BCUT2D eigenvalue weighted by atomic mass is 10.2. The summed E-state index contributed by atoms with van der Waals surface area (Å²) < 4.78 is 24.3. The Morgan fingerprint density at radius 1 is 1.32 bits per heavy atom. The molecule has 1 aromatic carbocycles. The third-order valence-electron chi connectivity index (χ3n) is 2.20. The van der Waals surface area contributed by atoms with Crippen molar-refractivity contribution in [1.29, 1.82) is 0 Å². The van der Waals surface area contributed by atoms with E-state index in [0.29, 0.717) is 30.9 Å². The smallest absolute Gasteiger partial charge is 0.142 e. The molecule has 19 heavy (non-hydrogen) atoms. The lowest BCUT2D eigenvalue weighted by molar-refractivity contribution is 0.0552. The van der Waals surface area contributed by atoms with Gasteiger partial charge in [0.05, 0.1) is 24.9 Å². The lowest BCUT2D eigenvalue weighted by Gasteiger charge is -2.09. The molecule has 0 saturated carbocycles. The van der Waals surface area contributed by atoms with Crippen LogP contribution in [0.1, 0.15) is 25.8 Å². The number of ether oxygens (including phenoxy) is 2. The van der Waals surface area contributed by atoms with E-state index in [0.717, 1.165) is 0 Å². The minimum absolute atomic E-state index is 0.0222. The summed E-state index contributed by atoms with van der Waals surface area (Å²) in [5.41, 5.74) is 0.305. The minimum atomic E-state index is -0.423. The summed E-state index contributed by atoms with van der Waals surface area (Å²) in [4.78, 5) is 0. The normalized spacial score (nSPS) is 10.2. The molecule has 0 aromatic heterocycles. The zero-order valence-corrected chi connectivity index (χ0v) is 11.3. The first kappa shape index (κ1) is 15.5. The monoisotopic (exact) mass is 266 g/mol. The fourth-order valence-corrected chi connectivity index (χ4v) is 1.34. The van der Waals surface area contributed by atoms with Crippen LogP contribution >= 0.6 is 0 Å². The number of aliphatic hydroxyl groups is 1. The molecule has 0 aliphatic heterocycles. The van der Waals surface area contributed by atoms with Crippen molar-refractivity contribution in [1.82, 2.24) is 0 Å². The standard InChI is InChI=1S/C15H19FO3/c1-12(2)18-9-10-19-14-7-6-13(15(16)11-14)5-3-4-8-17/h6-7,11-12,17H,4,8-10H2,1-2H3. The highest BCUT2D eigenvalue weighted by Gasteiger charge is 2.02. The molecule has 0 heterocycles. The van der Waals surface area contributed by atoms with Gasteiger partial charge in [0, 0.05) is 12.5 Å². The second-order valence-electron chi connectivity index (χ2n) is 4.19. The van der Waals surface area contributed by atoms with Gasteiger partial charge in [-0.25, -0.2) is 4.39 Å². The molecule has 3 nitrogen and oxygen atoms in total. The Kier molecular flexibility index (Phi) is 6.94. The molecular formula is C15H19FO3. The highest BCUT2D eigenvalue weighted by atomic mass is 19.1. The van der Waals surface area contributed by atoms with Gasteiger partial charge in [-0.15, -0.1) is 0 Å². The molecule has 104 valence electrons. The first-order valence-corrected chi connectivity index (χ1v) is 6.27. The molecule has 0 unspecified atom stereocenters. The number of hydrogen-bond donors (Lipinski definition) is 1. The van der Waals surface area contributed by atoms with Gasteiger partial charge >= 0.3 is 0 Å². The van der Waals surface area contributed by atoms with Crippen LogP contribution in [0.2, 0.25) is 0 Å². The van der Waals surface area contributed by atoms with Gasteiger partial charge in [0.15, 0.2) is 0 Å². The molecule has 4 heteroatoms. The third kappa shape index (κ3) is 6.23. The summed E-state index contributed by atoms with van der Waals surface area (Å²) >= 11 is 0. The molecule has 1 N–H and O–H groups in total. The fraction of sp³-hybridized carbons (Fsp3) is 0.467. The van der Waals surface area contributed by atoms with Crippen molar-refractivity contribution in [3.63, 3.8) is 0 Å². The third-order valence-corrected chi connectivity index (χ3v) is 2.20. The van der Waals surface area contributed by atoms with E-state index in [1.54, 1.807) is 12.1 Å². The largest absolute Gasteiger partial charge is 0.491 e. The van der Waals surface area contributed by atoms with Gasteiger partial charge in [0.2, 0.25) is 0 Å². The molecule has 0 bridgehead atoms. The van der Waals surface area contributed by atoms with Crippen LogP contribution in [0.15, 0.2) is 18.2 Å². The highest BCUT2D eigenvalue weighted by molar-refractivity contribution is 5.39. The molecule has 1 aromatic rings. The Morgan fingerprint density at radius 3 is 2.74 bits per heavy atom. The van der Waals surface area contributed by atoms with Gasteiger partial charge in [-0.2, -0.15) is 0 Å². The Hall–Kier alpha value is -1.57. The van der Waals surface area contributed by atoms with Gasteiger partial charge < -0.3 is 14.6 Å². The van der Waals surface area contributed by atoms with Crippen LogP contribution in [0.25, 0.3) is 0 Å². The summed E-state index contributed by atoms with van der Waals surface area (Å²) in [5.74, 6) is 5.37. The first-order valence-electron chi connectivity index (χ1n) is 6.27. The maximum Gasteiger partial charge on any atom is 0.142 e. The van der Waals surface area contributed by atoms with E-state index in [9.17, 15) is 4.39 Å². The highest BCUT2D eigenvalue weighted by Crippen LogP contribution is 2.16. The summed E-state index contributed by atoms with van der Waals surface area (Å²) in [6, 6.07) is 4.54. The van der Waals surface area contributed by atoms with Crippen molar-refractivity contribution < 1.29 is 19.0 Å². The fourth-order valence-electron chi connectivity index (χ4n) is 1.34. The molecule has 0 saturated heterocycles. The second-order valence-corrected chi connectivity index (χ2v) is 4.19. The first-order chi connectivity index (χ1) is 9.13. The number of halogens is 1. The average molecular weight is 266 g/mol. The lowest BCUT2D eigenvalue weighted by Crippen LogP contribution is -2.11. The van der Waals surface area contributed by atoms with Crippen LogP contribution in [-0.2, 0) is 4.74 Å². The quantitative estimate of drug-likeness (QED) is 0.634. The maximum absolute atomic E-state index is 13.6. The summed E-state index contributed by atoms with van der Waals surface area (Å²) in [5, 5.41) is 8.59. The van der Waals surface area contributed by atoms with E-state index in [1.165, 1.54) is 6.07 Å². The molecule has 0 amide bonds. The van der Waals surface area contributed by atoms with Crippen LogP contribution in [0.4, 0.5) is 4.39 Å². The van der Waals surface area contributed by atoms with E-state index in [2.05, 4.69) is 11.8 Å². The number of benzene rings is 1. The topological polar surface area (TPSA) is 38.7 Å². The van der Waals surface area contributed by atoms with E-state index in [4.69, 9.17) is 14.6 Å². The van der Waals surface area contributed by atoms with E-state index < -0.39 is 5.82 Å².